The van der Waals surface area contributed by atoms with E-state index < -0.39 is 0 Å². The molecular weight excluding hydrogens is 190 g/mol. The smallest absolute Gasteiger partial charge is 0.410 e. The van der Waals surface area contributed by atoms with Gasteiger partial charge in [0.05, 0.1) is 6.61 Å². The highest BCUT2D eigenvalue weighted by atomic mass is 16.6. The van der Waals surface area contributed by atoms with E-state index in [4.69, 9.17) is 4.74 Å². The van der Waals surface area contributed by atoms with E-state index in [9.17, 15) is 4.79 Å². The average Bonchev–Trinajstić information content (AvgIpc) is 2.18. The van der Waals surface area contributed by atoms with Crippen molar-refractivity contribution in [1.82, 2.24) is 4.90 Å². The molecule has 1 fully saturated rings. The molecule has 0 N–H and O–H groups in total. The number of carbonyl (C=O) groups is 1. The molecule has 1 saturated heterocycles. The van der Waals surface area contributed by atoms with Crippen molar-refractivity contribution in [2.24, 2.45) is 0 Å². The molecule has 3 nitrogen and oxygen atoms in total. The van der Waals surface area contributed by atoms with Crippen molar-refractivity contribution in [2.45, 2.75) is 65.0 Å². The third-order valence-electron chi connectivity index (χ3n) is 3.13. The van der Waals surface area contributed by atoms with Crippen LogP contribution >= 0.6 is 0 Å². The highest BCUT2D eigenvalue weighted by Gasteiger charge is 2.29. The van der Waals surface area contributed by atoms with Gasteiger partial charge in [-0.25, -0.2) is 4.79 Å². The molecule has 1 aliphatic rings. The van der Waals surface area contributed by atoms with Crippen LogP contribution in [0.4, 0.5) is 4.79 Å². The zero-order valence-corrected chi connectivity index (χ0v) is 10.2. The van der Waals surface area contributed by atoms with Crippen LogP contribution in [-0.2, 0) is 4.74 Å². The van der Waals surface area contributed by atoms with Gasteiger partial charge in [0.25, 0.3) is 0 Å². The Bertz CT molecular complexity index is 196. The topological polar surface area (TPSA) is 29.5 Å². The van der Waals surface area contributed by atoms with Gasteiger partial charge in [-0.2, -0.15) is 0 Å². The van der Waals surface area contributed by atoms with E-state index in [1.54, 1.807) is 0 Å². The summed E-state index contributed by atoms with van der Waals surface area (Å²) in [5, 5.41) is 0. The molecule has 0 aromatic heterocycles. The monoisotopic (exact) mass is 213 g/mol. The molecule has 1 heterocycles. The number of hydrogen-bond donors (Lipinski definition) is 0. The van der Waals surface area contributed by atoms with Gasteiger partial charge in [-0.15, -0.1) is 0 Å². The molecule has 1 aliphatic heterocycles. The molecule has 3 heteroatoms. The number of piperidine rings is 1. The van der Waals surface area contributed by atoms with Crippen molar-refractivity contribution < 1.29 is 9.53 Å². The van der Waals surface area contributed by atoms with Gasteiger partial charge in [0.15, 0.2) is 0 Å². The lowest BCUT2D eigenvalue weighted by Gasteiger charge is -2.37. The van der Waals surface area contributed by atoms with E-state index in [2.05, 4.69) is 20.8 Å². The minimum absolute atomic E-state index is 0.122. The zero-order valence-electron chi connectivity index (χ0n) is 10.2. The fourth-order valence-electron chi connectivity index (χ4n) is 2.16. The molecule has 0 spiro atoms. The van der Waals surface area contributed by atoms with Gasteiger partial charge in [0, 0.05) is 12.1 Å². The first-order chi connectivity index (χ1) is 7.16. The molecule has 0 aromatic rings. The van der Waals surface area contributed by atoms with Crippen molar-refractivity contribution in [3.63, 3.8) is 0 Å². The molecular formula is C12H23NO2. The number of amides is 1. The molecule has 1 rings (SSSR count). The Hall–Kier alpha value is -0.730. The number of ether oxygens (including phenoxy) is 1. The summed E-state index contributed by atoms with van der Waals surface area (Å²) < 4.78 is 5.25. The number of nitrogens with zero attached hydrogens (tertiary/aromatic N) is 1. The Morgan fingerprint density at radius 3 is 2.47 bits per heavy atom. The van der Waals surface area contributed by atoms with Gasteiger partial charge in [-0.3, -0.25) is 0 Å². The van der Waals surface area contributed by atoms with E-state index in [-0.39, 0.29) is 6.09 Å². The van der Waals surface area contributed by atoms with E-state index in [0.717, 1.165) is 25.7 Å². The van der Waals surface area contributed by atoms with Gasteiger partial charge in [-0.05, 0) is 39.5 Å². The molecule has 2 unspecified atom stereocenters. The van der Waals surface area contributed by atoms with Gasteiger partial charge in [-0.1, -0.05) is 13.3 Å². The summed E-state index contributed by atoms with van der Waals surface area (Å²) in [6.07, 6.45) is 5.34. The van der Waals surface area contributed by atoms with Gasteiger partial charge < -0.3 is 9.64 Å². The maximum absolute atomic E-state index is 11.8. The number of hydrogen-bond acceptors (Lipinski definition) is 2. The summed E-state index contributed by atoms with van der Waals surface area (Å²) in [4.78, 5) is 13.7. The van der Waals surface area contributed by atoms with Gasteiger partial charge >= 0.3 is 6.09 Å². The number of likely N-dealkylation sites (tertiary alicyclic amines) is 1. The molecule has 15 heavy (non-hydrogen) atoms. The Labute approximate surface area is 92.8 Å². The highest BCUT2D eigenvalue weighted by molar-refractivity contribution is 5.68. The Balaban J connectivity index is 2.41. The van der Waals surface area contributed by atoms with Crippen LogP contribution < -0.4 is 0 Å². The van der Waals surface area contributed by atoms with Crippen LogP contribution in [0.1, 0.15) is 52.9 Å². The molecule has 0 bridgehead atoms. The zero-order chi connectivity index (χ0) is 11.3. The third-order valence-corrected chi connectivity index (χ3v) is 3.13. The van der Waals surface area contributed by atoms with E-state index >= 15 is 0 Å². The summed E-state index contributed by atoms with van der Waals surface area (Å²) in [7, 11) is 0. The van der Waals surface area contributed by atoms with Crippen LogP contribution in [0.5, 0.6) is 0 Å². The quantitative estimate of drug-likeness (QED) is 0.674. The van der Waals surface area contributed by atoms with Crippen molar-refractivity contribution in [2.75, 3.05) is 6.61 Å². The average molecular weight is 213 g/mol. The molecule has 0 aliphatic carbocycles. The van der Waals surface area contributed by atoms with Crippen LogP contribution in [0, 0.1) is 0 Å². The summed E-state index contributed by atoms with van der Waals surface area (Å²) in [6.45, 7) is 6.87. The minimum atomic E-state index is -0.122. The van der Waals surface area contributed by atoms with E-state index in [0.29, 0.717) is 18.7 Å². The second kappa shape index (κ2) is 5.99. The highest BCUT2D eigenvalue weighted by Crippen LogP contribution is 2.23. The summed E-state index contributed by atoms with van der Waals surface area (Å²) in [5.41, 5.74) is 0. The maximum atomic E-state index is 11.8. The molecule has 88 valence electrons. The van der Waals surface area contributed by atoms with E-state index in [1.807, 2.05) is 4.90 Å². The van der Waals surface area contributed by atoms with Gasteiger partial charge in [0.1, 0.15) is 0 Å². The molecule has 2 atom stereocenters. The Kier molecular flexibility index (Phi) is 4.92. The van der Waals surface area contributed by atoms with Crippen LogP contribution in [0.3, 0.4) is 0 Å². The molecule has 0 saturated carbocycles. The van der Waals surface area contributed by atoms with Crippen molar-refractivity contribution >= 4 is 6.09 Å². The maximum Gasteiger partial charge on any atom is 0.410 e. The first-order valence-corrected chi connectivity index (χ1v) is 6.12. The van der Waals surface area contributed by atoms with Crippen LogP contribution in [0.2, 0.25) is 0 Å². The fourth-order valence-corrected chi connectivity index (χ4v) is 2.16. The lowest BCUT2D eigenvalue weighted by atomic mass is 9.98. The first kappa shape index (κ1) is 12.3. The van der Waals surface area contributed by atoms with Gasteiger partial charge in [0.2, 0.25) is 0 Å². The van der Waals surface area contributed by atoms with Crippen molar-refractivity contribution in [1.29, 1.82) is 0 Å². The Morgan fingerprint density at radius 1 is 1.33 bits per heavy atom. The SMILES string of the molecule is CCCCOC(=O)N1C(C)CCCC1C. The number of rotatable bonds is 3. The normalized spacial score (nSPS) is 26.5. The lowest BCUT2D eigenvalue weighted by Crippen LogP contribution is -2.47. The summed E-state index contributed by atoms with van der Waals surface area (Å²) in [6, 6.07) is 0.672. The second-order valence-corrected chi connectivity index (χ2v) is 4.50. The molecule has 0 aromatic carbocycles. The standard InChI is InChI=1S/C12H23NO2/c1-4-5-9-15-12(14)13-10(2)7-6-8-11(13)3/h10-11H,4-9H2,1-3H3. The van der Waals surface area contributed by atoms with Crippen LogP contribution in [0.15, 0.2) is 0 Å². The number of unbranched alkanes of at least 4 members (excludes halogenated alkanes) is 1. The first-order valence-electron chi connectivity index (χ1n) is 6.12. The van der Waals surface area contributed by atoms with Crippen LogP contribution in [0.25, 0.3) is 0 Å². The predicted molar refractivity (Wildman–Crippen MR) is 60.9 cm³/mol. The Morgan fingerprint density at radius 2 is 1.93 bits per heavy atom. The minimum Gasteiger partial charge on any atom is -0.449 e. The second-order valence-electron chi connectivity index (χ2n) is 4.50. The number of carbonyl (C=O) groups excluding carboxylic acids is 1. The predicted octanol–water partition coefficient (Wildman–Crippen LogP) is 3.19. The van der Waals surface area contributed by atoms with Crippen molar-refractivity contribution in [3.05, 3.63) is 0 Å². The lowest BCUT2D eigenvalue weighted by molar-refractivity contribution is 0.0547. The summed E-state index contributed by atoms with van der Waals surface area (Å²) >= 11 is 0. The van der Waals surface area contributed by atoms with Crippen LogP contribution in [-0.4, -0.2) is 29.7 Å². The van der Waals surface area contributed by atoms with E-state index in [1.165, 1.54) is 6.42 Å². The largest absolute Gasteiger partial charge is 0.449 e. The molecule has 1 amide bonds. The van der Waals surface area contributed by atoms with Crippen molar-refractivity contribution in [3.8, 4) is 0 Å². The fraction of sp³-hybridized carbons (Fsp3) is 0.917. The third kappa shape index (κ3) is 3.40. The molecule has 0 radical (unpaired) electrons. The summed E-state index contributed by atoms with van der Waals surface area (Å²) in [5.74, 6) is 0.